The fourth-order valence-electron chi connectivity index (χ4n) is 3.01. The molecule has 3 aromatic rings. The lowest BCUT2D eigenvalue weighted by atomic mass is 10.1. The normalized spacial score (nSPS) is 11.3. The minimum Gasteiger partial charge on any atom is -0.376 e. The highest BCUT2D eigenvalue weighted by Crippen LogP contribution is 2.29. The number of hydrogen-bond donors (Lipinski definition) is 3. The number of amides is 1. The van der Waals surface area contributed by atoms with Gasteiger partial charge in [0, 0.05) is 31.0 Å². The first kappa shape index (κ1) is 21.5. The second kappa shape index (κ2) is 9.10. The molecule has 30 heavy (non-hydrogen) atoms. The van der Waals surface area contributed by atoms with Gasteiger partial charge < -0.3 is 16.0 Å². The van der Waals surface area contributed by atoms with Gasteiger partial charge in [0.1, 0.15) is 5.82 Å². The number of carbonyl (C=O) groups excluding carboxylic acids is 1. The van der Waals surface area contributed by atoms with Gasteiger partial charge in [-0.1, -0.05) is 18.2 Å². The van der Waals surface area contributed by atoms with Gasteiger partial charge in [-0.05, 0) is 49.0 Å². The molecular formula is C21H23FN4O3S. The summed E-state index contributed by atoms with van der Waals surface area (Å²) in [5, 5.41) is 8.34. The second-order valence-corrected chi connectivity index (χ2v) is 8.41. The highest BCUT2D eigenvalue weighted by Gasteiger charge is 2.23. The Bertz CT molecular complexity index is 1160. The zero-order chi connectivity index (χ0) is 21.7. The van der Waals surface area contributed by atoms with Crippen molar-refractivity contribution in [2.75, 3.05) is 26.0 Å². The molecule has 158 valence electrons. The molecule has 0 atom stereocenters. The molecule has 0 fully saturated rings. The molecule has 0 saturated carbocycles. The largest absolute Gasteiger partial charge is 0.376 e. The molecule has 7 nitrogen and oxygen atoms in total. The first-order valence-corrected chi connectivity index (χ1v) is 10.7. The molecule has 9 heteroatoms. The van der Waals surface area contributed by atoms with Gasteiger partial charge in [0.05, 0.1) is 17.1 Å². The number of likely N-dealkylation sites (N-methyl/N-ethyl adjacent to an activating group) is 1. The molecule has 0 bridgehead atoms. The molecule has 0 aliphatic rings. The van der Waals surface area contributed by atoms with Crippen LogP contribution in [-0.4, -0.2) is 38.9 Å². The van der Waals surface area contributed by atoms with E-state index >= 15 is 0 Å². The van der Waals surface area contributed by atoms with Gasteiger partial charge in [0.15, 0.2) is 0 Å². The zero-order valence-corrected chi connectivity index (χ0v) is 17.5. The van der Waals surface area contributed by atoms with Crippen molar-refractivity contribution >= 4 is 21.6 Å². The van der Waals surface area contributed by atoms with Gasteiger partial charge in [0.25, 0.3) is 10.0 Å². The second-order valence-electron chi connectivity index (χ2n) is 6.60. The summed E-state index contributed by atoms with van der Waals surface area (Å²) < 4.78 is 42.4. The van der Waals surface area contributed by atoms with Crippen molar-refractivity contribution in [1.82, 2.24) is 14.6 Å². The molecule has 3 N–H and O–H groups in total. The summed E-state index contributed by atoms with van der Waals surface area (Å²) in [6.07, 6.45) is 1.48. The highest BCUT2D eigenvalue weighted by atomic mass is 32.2. The van der Waals surface area contributed by atoms with Crippen LogP contribution in [0.1, 0.15) is 5.56 Å². The van der Waals surface area contributed by atoms with Gasteiger partial charge in [-0.15, -0.1) is 0 Å². The van der Waals surface area contributed by atoms with Gasteiger partial charge in [0.2, 0.25) is 5.91 Å². The van der Waals surface area contributed by atoms with Crippen molar-refractivity contribution in [3.63, 3.8) is 0 Å². The van der Waals surface area contributed by atoms with E-state index in [1.807, 2.05) is 0 Å². The lowest BCUT2D eigenvalue weighted by Gasteiger charge is -2.13. The fraction of sp³-hybridized carbons (Fsp3) is 0.190. The Hall–Kier alpha value is -3.17. The van der Waals surface area contributed by atoms with Gasteiger partial charge in [-0.2, -0.15) is 0 Å². The Morgan fingerprint density at radius 1 is 1.07 bits per heavy atom. The van der Waals surface area contributed by atoms with E-state index in [0.717, 1.165) is 3.97 Å². The minimum absolute atomic E-state index is 0.0102. The number of benzene rings is 2. The standard InChI is InChI=1S/C21H23FN4O3S/c1-23-12-15-10-20(18-8-3-4-9-19(18)22)26(14-15)30(28,29)17-7-5-6-16(11-17)25-13-21(27)24-2/h3-11,14,23,25H,12-13H2,1-2H3,(H,24,27). The van der Waals surface area contributed by atoms with Crippen LogP contribution < -0.4 is 16.0 Å². The number of halogens is 1. The zero-order valence-electron chi connectivity index (χ0n) is 16.6. The number of nitrogens with zero attached hydrogens (tertiary/aromatic N) is 1. The fourth-order valence-corrected chi connectivity index (χ4v) is 4.45. The SMILES string of the molecule is CNCc1cc(-c2ccccc2F)n(S(=O)(=O)c2cccc(NCC(=O)NC)c2)c1. The predicted molar refractivity (Wildman–Crippen MR) is 114 cm³/mol. The highest BCUT2D eigenvalue weighted by molar-refractivity contribution is 7.90. The third kappa shape index (κ3) is 4.52. The van der Waals surface area contributed by atoms with Crippen LogP contribution >= 0.6 is 0 Å². The summed E-state index contributed by atoms with van der Waals surface area (Å²) >= 11 is 0. The topological polar surface area (TPSA) is 92.2 Å². The van der Waals surface area contributed by atoms with Crippen LogP contribution in [0.3, 0.4) is 0 Å². The first-order valence-electron chi connectivity index (χ1n) is 9.27. The number of rotatable bonds is 8. The maximum absolute atomic E-state index is 14.4. The Morgan fingerprint density at radius 3 is 2.53 bits per heavy atom. The predicted octanol–water partition coefficient (Wildman–Crippen LogP) is 2.41. The van der Waals surface area contributed by atoms with E-state index in [4.69, 9.17) is 0 Å². The van der Waals surface area contributed by atoms with Gasteiger partial charge in [-0.25, -0.2) is 16.8 Å². The van der Waals surface area contributed by atoms with Crippen molar-refractivity contribution in [1.29, 1.82) is 0 Å². The lowest BCUT2D eigenvalue weighted by Crippen LogP contribution is -2.26. The van der Waals surface area contributed by atoms with Crippen LogP contribution in [0.2, 0.25) is 0 Å². The maximum atomic E-state index is 14.4. The Labute approximate surface area is 175 Å². The van der Waals surface area contributed by atoms with Crippen LogP contribution in [0.15, 0.2) is 65.7 Å². The summed E-state index contributed by atoms with van der Waals surface area (Å²) in [6, 6.07) is 13.9. The van der Waals surface area contributed by atoms with Crippen molar-refractivity contribution in [2.24, 2.45) is 0 Å². The van der Waals surface area contributed by atoms with Crippen LogP contribution in [0, 0.1) is 5.82 Å². The third-order valence-corrected chi connectivity index (χ3v) is 6.17. The van der Waals surface area contributed by atoms with Crippen LogP contribution in [0.25, 0.3) is 11.3 Å². The molecule has 0 unspecified atom stereocenters. The van der Waals surface area contributed by atoms with Crippen LogP contribution in [-0.2, 0) is 21.4 Å². The quantitative estimate of drug-likeness (QED) is 0.511. The molecule has 0 spiro atoms. The lowest BCUT2D eigenvalue weighted by molar-refractivity contribution is -0.118. The molecule has 0 aliphatic heterocycles. The molecule has 1 amide bonds. The van der Waals surface area contributed by atoms with E-state index in [2.05, 4.69) is 16.0 Å². The Kier molecular flexibility index (Phi) is 6.53. The third-order valence-electron chi connectivity index (χ3n) is 4.50. The Morgan fingerprint density at radius 2 is 1.83 bits per heavy atom. The van der Waals surface area contributed by atoms with Crippen molar-refractivity contribution in [2.45, 2.75) is 11.4 Å². The maximum Gasteiger partial charge on any atom is 0.268 e. The van der Waals surface area contributed by atoms with Gasteiger partial charge in [-0.3, -0.25) is 4.79 Å². The molecule has 2 aromatic carbocycles. The number of aromatic nitrogens is 1. The average molecular weight is 431 g/mol. The van der Waals surface area contributed by atoms with E-state index in [1.54, 1.807) is 43.4 Å². The molecule has 0 saturated heterocycles. The van der Waals surface area contributed by atoms with Crippen molar-refractivity contribution in [3.8, 4) is 11.3 Å². The summed E-state index contributed by atoms with van der Waals surface area (Å²) in [4.78, 5) is 11.5. The van der Waals surface area contributed by atoms with E-state index in [1.165, 1.54) is 31.4 Å². The minimum atomic E-state index is -4.02. The molecule has 0 aliphatic carbocycles. The van der Waals surface area contributed by atoms with E-state index < -0.39 is 15.8 Å². The summed E-state index contributed by atoms with van der Waals surface area (Å²) in [7, 11) is -0.753. The van der Waals surface area contributed by atoms with Crippen LogP contribution in [0.5, 0.6) is 0 Å². The number of carbonyl (C=O) groups is 1. The monoisotopic (exact) mass is 430 g/mol. The molecule has 1 aromatic heterocycles. The first-order chi connectivity index (χ1) is 14.4. The summed E-state index contributed by atoms with van der Waals surface area (Å²) in [6.45, 7) is 0.439. The summed E-state index contributed by atoms with van der Waals surface area (Å²) in [5.41, 5.74) is 1.61. The number of anilines is 1. The number of hydrogen-bond acceptors (Lipinski definition) is 5. The average Bonchev–Trinajstić information content (AvgIpc) is 3.17. The molecule has 3 rings (SSSR count). The van der Waals surface area contributed by atoms with Crippen molar-refractivity contribution < 1.29 is 17.6 Å². The van der Waals surface area contributed by atoms with E-state index in [9.17, 15) is 17.6 Å². The smallest absolute Gasteiger partial charge is 0.268 e. The molecule has 1 heterocycles. The van der Waals surface area contributed by atoms with E-state index in [0.29, 0.717) is 17.8 Å². The molecular weight excluding hydrogens is 407 g/mol. The molecule has 0 radical (unpaired) electrons. The summed E-state index contributed by atoms with van der Waals surface area (Å²) in [5.74, 6) is -0.740. The van der Waals surface area contributed by atoms with Crippen LogP contribution in [0.4, 0.5) is 10.1 Å². The Balaban J connectivity index is 2.06. The number of nitrogens with one attached hydrogen (secondary N) is 3. The van der Waals surface area contributed by atoms with Gasteiger partial charge >= 0.3 is 0 Å². The van der Waals surface area contributed by atoms with E-state index in [-0.39, 0.29) is 28.6 Å². The van der Waals surface area contributed by atoms with Crippen molar-refractivity contribution in [3.05, 3.63) is 72.2 Å².